The molecule has 0 radical (unpaired) electrons. The lowest BCUT2D eigenvalue weighted by molar-refractivity contribution is -0.188. The molecule has 0 aliphatic carbocycles. The van der Waals surface area contributed by atoms with E-state index in [0.29, 0.717) is 0 Å². The van der Waals surface area contributed by atoms with Gasteiger partial charge in [-0.05, 0) is 0 Å². The van der Waals surface area contributed by atoms with Crippen LogP contribution in [0.2, 0.25) is 0 Å². The van der Waals surface area contributed by atoms with Gasteiger partial charge in [0.1, 0.15) is 18.3 Å². The lowest BCUT2D eigenvalue weighted by Crippen LogP contribution is -2.51. The molecule has 0 rings (SSSR count). The van der Waals surface area contributed by atoms with Crippen molar-refractivity contribution in [2.24, 2.45) is 0 Å². The van der Waals surface area contributed by atoms with Gasteiger partial charge in [-0.15, -0.1) is 0 Å². The fraction of sp³-hybridized carbons (Fsp3) is 0.667. The van der Waals surface area contributed by atoms with Crippen molar-refractivity contribution in [2.45, 2.75) is 42.9 Å². The summed E-state index contributed by atoms with van der Waals surface area (Å²) in [6, 6.07) is 0. The largest absolute Gasteiger partial charge is 0.481 e. The van der Waals surface area contributed by atoms with E-state index in [4.69, 9.17) is 25.5 Å². The molecule has 0 aromatic carbocycles. The molecule has 0 saturated carbocycles. The number of esters is 1. The zero-order valence-electron chi connectivity index (χ0n) is 12.5. The molecule has 0 saturated heterocycles. The van der Waals surface area contributed by atoms with E-state index in [-0.39, 0.29) is 0 Å². The van der Waals surface area contributed by atoms with Crippen LogP contribution in [-0.2, 0) is 23.9 Å². The standard InChI is InChI=1S/C12H18O13/c13-3-4(14)7(18)8(19)9(10(20)21)25-6(17)2-12(24,11(22)23)1-5(15)16/h4,7-9,13-14,18-19,24H,1-3H2,(H,15,16)(H,20,21)(H,22,23)/t4-,7-,8+,9-,12?/m1/s1. The number of aliphatic hydroxyl groups is 5. The Balaban J connectivity index is 5.21. The molecule has 0 aliphatic heterocycles. The highest BCUT2D eigenvalue weighted by Crippen LogP contribution is 2.19. The Labute approximate surface area is 139 Å². The number of aliphatic carboxylic acids is 3. The van der Waals surface area contributed by atoms with Gasteiger partial charge in [0.25, 0.3) is 0 Å². The van der Waals surface area contributed by atoms with Crippen molar-refractivity contribution in [2.75, 3.05) is 6.61 Å². The monoisotopic (exact) mass is 370 g/mol. The maximum Gasteiger partial charge on any atom is 0.347 e. The summed E-state index contributed by atoms with van der Waals surface area (Å²) in [5, 5.41) is 72.6. The average Bonchev–Trinajstić information content (AvgIpc) is 2.48. The zero-order chi connectivity index (χ0) is 19.9. The van der Waals surface area contributed by atoms with Gasteiger partial charge in [0, 0.05) is 0 Å². The topological polar surface area (TPSA) is 239 Å². The molecule has 0 aromatic rings. The molecule has 0 heterocycles. The van der Waals surface area contributed by atoms with Gasteiger partial charge in [-0.3, -0.25) is 9.59 Å². The molecular formula is C12H18O13. The smallest absolute Gasteiger partial charge is 0.347 e. The van der Waals surface area contributed by atoms with Crippen molar-refractivity contribution in [1.82, 2.24) is 0 Å². The number of hydrogen-bond acceptors (Lipinski definition) is 10. The summed E-state index contributed by atoms with van der Waals surface area (Å²) in [6.45, 7) is -1.06. The van der Waals surface area contributed by atoms with Gasteiger partial charge in [-0.25, -0.2) is 9.59 Å². The van der Waals surface area contributed by atoms with Gasteiger partial charge >= 0.3 is 23.9 Å². The van der Waals surface area contributed by atoms with Crippen molar-refractivity contribution in [1.29, 1.82) is 0 Å². The quantitative estimate of drug-likeness (QED) is 0.161. The highest BCUT2D eigenvalue weighted by Gasteiger charge is 2.44. The predicted molar refractivity (Wildman–Crippen MR) is 72.1 cm³/mol. The minimum atomic E-state index is -3.10. The van der Waals surface area contributed by atoms with Crippen molar-refractivity contribution >= 4 is 23.9 Å². The third-order valence-electron chi connectivity index (χ3n) is 3.02. The van der Waals surface area contributed by atoms with Crippen molar-refractivity contribution in [3.05, 3.63) is 0 Å². The third-order valence-corrected chi connectivity index (χ3v) is 3.02. The van der Waals surface area contributed by atoms with Gasteiger partial charge in [-0.2, -0.15) is 0 Å². The summed E-state index contributed by atoms with van der Waals surface area (Å²) >= 11 is 0. The van der Waals surface area contributed by atoms with Crippen LogP contribution in [0, 0.1) is 0 Å². The highest BCUT2D eigenvalue weighted by atomic mass is 16.6. The first-order valence-corrected chi connectivity index (χ1v) is 6.60. The zero-order valence-corrected chi connectivity index (χ0v) is 12.5. The van der Waals surface area contributed by atoms with E-state index in [1.165, 1.54) is 0 Å². The van der Waals surface area contributed by atoms with Crippen LogP contribution in [0.4, 0.5) is 0 Å². The van der Waals surface area contributed by atoms with Gasteiger partial charge in [0.2, 0.25) is 6.10 Å². The summed E-state index contributed by atoms with van der Waals surface area (Å²) in [5.41, 5.74) is -3.10. The molecular weight excluding hydrogens is 352 g/mol. The Bertz CT molecular complexity index is 517. The van der Waals surface area contributed by atoms with Crippen LogP contribution in [0.3, 0.4) is 0 Å². The van der Waals surface area contributed by atoms with Crippen LogP contribution in [0.5, 0.6) is 0 Å². The van der Waals surface area contributed by atoms with E-state index in [9.17, 15) is 34.5 Å². The maximum atomic E-state index is 11.6. The van der Waals surface area contributed by atoms with E-state index in [2.05, 4.69) is 4.74 Å². The van der Waals surface area contributed by atoms with Crippen LogP contribution >= 0.6 is 0 Å². The van der Waals surface area contributed by atoms with Crippen molar-refractivity contribution < 1.29 is 64.8 Å². The van der Waals surface area contributed by atoms with Gasteiger partial charge in [-0.1, -0.05) is 0 Å². The fourth-order valence-electron chi connectivity index (χ4n) is 1.67. The van der Waals surface area contributed by atoms with Gasteiger partial charge < -0.3 is 45.6 Å². The molecule has 144 valence electrons. The summed E-state index contributed by atoms with van der Waals surface area (Å²) in [4.78, 5) is 44.1. The molecule has 13 heteroatoms. The lowest BCUT2D eigenvalue weighted by Gasteiger charge is -2.27. The minimum absolute atomic E-state index is 1.06. The Hall–Kier alpha value is -2.32. The number of carbonyl (C=O) groups is 4. The fourth-order valence-corrected chi connectivity index (χ4v) is 1.67. The minimum Gasteiger partial charge on any atom is -0.481 e. The van der Waals surface area contributed by atoms with Crippen LogP contribution in [0.15, 0.2) is 0 Å². The maximum absolute atomic E-state index is 11.6. The summed E-state index contributed by atoms with van der Waals surface area (Å²) in [5.74, 6) is -7.56. The number of carbonyl (C=O) groups excluding carboxylic acids is 1. The molecule has 25 heavy (non-hydrogen) atoms. The highest BCUT2D eigenvalue weighted by molar-refractivity contribution is 5.89. The molecule has 0 aromatic heterocycles. The number of hydrogen-bond donors (Lipinski definition) is 8. The third kappa shape index (κ3) is 6.60. The lowest BCUT2D eigenvalue weighted by atomic mass is 9.95. The van der Waals surface area contributed by atoms with Crippen LogP contribution in [0.25, 0.3) is 0 Å². The molecule has 13 nitrogen and oxygen atoms in total. The van der Waals surface area contributed by atoms with Gasteiger partial charge in [0.05, 0.1) is 19.4 Å². The SMILES string of the molecule is O=C(O)CC(O)(CC(=O)O[C@@H](C(=O)O)[C@@H](O)[C@H](O)[C@H](O)CO)C(=O)O. The van der Waals surface area contributed by atoms with Crippen molar-refractivity contribution in [3.8, 4) is 0 Å². The molecule has 0 amide bonds. The summed E-state index contributed by atoms with van der Waals surface area (Å²) in [7, 11) is 0. The van der Waals surface area contributed by atoms with Crippen LogP contribution in [0.1, 0.15) is 12.8 Å². The predicted octanol–water partition coefficient (Wildman–Crippen LogP) is -4.26. The number of aliphatic hydroxyl groups excluding tert-OH is 4. The molecule has 5 atom stereocenters. The normalized spacial score (nSPS) is 18.3. The van der Waals surface area contributed by atoms with Crippen LogP contribution < -0.4 is 0 Å². The molecule has 8 N–H and O–H groups in total. The number of carboxylic acids is 3. The molecule has 1 unspecified atom stereocenters. The Kier molecular flexibility index (Phi) is 8.38. The summed E-state index contributed by atoms with van der Waals surface area (Å²) in [6.07, 6.45) is -12.0. The number of rotatable bonds is 11. The van der Waals surface area contributed by atoms with E-state index >= 15 is 0 Å². The molecule has 0 aliphatic rings. The number of carboxylic acid groups (broad SMARTS) is 3. The first-order valence-electron chi connectivity index (χ1n) is 6.60. The average molecular weight is 370 g/mol. The van der Waals surface area contributed by atoms with Crippen LogP contribution in [-0.4, -0.2) is 101 Å². The van der Waals surface area contributed by atoms with E-state index in [1.807, 2.05) is 0 Å². The Morgan fingerprint density at radius 1 is 0.920 bits per heavy atom. The van der Waals surface area contributed by atoms with E-state index in [1.54, 1.807) is 0 Å². The molecule has 0 spiro atoms. The Morgan fingerprint density at radius 2 is 1.44 bits per heavy atom. The van der Waals surface area contributed by atoms with Crippen molar-refractivity contribution in [3.63, 3.8) is 0 Å². The Morgan fingerprint density at radius 3 is 1.80 bits per heavy atom. The summed E-state index contributed by atoms with van der Waals surface area (Å²) < 4.78 is 4.26. The van der Waals surface area contributed by atoms with E-state index < -0.39 is 73.3 Å². The van der Waals surface area contributed by atoms with Gasteiger partial charge in [0.15, 0.2) is 5.60 Å². The first-order chi connectivity index (χ1) is 11.4. The number of ether oxygens (including phenoxy) is 1. The second kappa shape index (κ2) is 9.24. The van der Waals surface area contributed by atoms with E-state index in [0.717, 1.165) is 0 Å². The second-order valence-corrected chi connectivity index (χ2v) is 5.06. The molecule has 0 bridgehead atoms. The molecule has 0 fully saturated rings. The second-order valence-electron chi connectivity index (χ2n) is 5.06. The first kappa shape index (κ1) is 22.7.